The van der Waals surface area contributed by atoms with Gasteiger partial charge in [-0.1, -0.05) is 12.1 Å². The molecule has 0 spiro atoms. The molecule has 9 heteroatoms. The second kappa shape index (κ2) is 10.2. The molecule has 1 amide bonds. The number of carboxylic acids is 1. The first kappa shape index (κ1) is 23.3. The molecule has 1 aromatic rings. The minimum atomic E-state index is -0.891. The Hall–Kier alpha value is -2.94. The number of rotatable bonds is 7. The Morgan fingerprint density at radius 1 is 1.40 bits per heavy atom. The zero-order chi connectivity index (χ0) is 22.3. The number of aliphatic hydroxyl groups excluding tert-OH is 1. The summed E-state index contributed by atoms with van der Waals surface area (Å²) in [6, 6.07) is 7.19. The minimum absolute atomic E-state index is 0.160. The van der Waals surface area contributed by atoms with Crippen molar-refractivity contribution in [2.75, 3.05) is 19.7 Å². The molecule has 30 heavy (non-hydrogen) atoms. The molecule has 1 aliphatic heterocycles. The van der Waals surface area contributed by atoms with Crippen molar-refractivity contribution in [2.45, 2.75) is 39.2 Å². The van der Waals surface area contributed by atoms with Crippen LogP contribution in [0.15, 0.2) is 34.4 Å². The number of hydrogen-bond donors (Lipinski definition) is 3. The van der Waals surface area contributed by atoms with Crippen LogP contribution in [0.25, 0.3) is 0 Å². The highest BCUT2D eigenvalue weighted by Gasteiger charge is 2.37. The van der Waals surface area contributed by atoms with Gasteiger partial charge in [-0.2, -0.15) is 5.10 Å². The highest BCUT2D eigenvalue weighted by molar-refractivity contribution is 6.31. The third kappa shape index (κ3) is 6.84. The maximum Gasteiger partial charge on any atom is 0.410 e. The molecule has 0 saturated carbocycles. The Bertz CT molecular complexity index is 816. The fourth-order valence-corrected chi connectivity index (χ4v) is 3.35. The summed E-state index contributed by atoms with van der Waals surface area (Å²) in [6.07, 6.45) is 1.89. The topological polar surface area (TPSA) is 138 Å². The van der Waals surface area contributed by atoms with Crippen LogP contribution in [0.5, 0.6) is 0 Å². The summed E-state index contributed by atoms with van der Waals surface area (Å²) in [5.41, 5.74) is 1.07. The molecule has 164 valence electrons. The zero-order valence-electron chi connectivity index (χ0n) is 17.6. The molecule has 1 saturated heterocycles. The molecule has 2 atom stereocenters. The summed E-state index contributed by atoms with van der Waals surface area (Å²) in [5, 5.41) is 22.3. The number of nitrogens with zero attached hydrogens (tertiary/aromatic N) is 3. The monoisotopic (exact) mass is 418 g/mol. The molecule has 0 aromatic heterocycles. The highest BCUT2D eigenvalue weighted by atomic mass is 16.6. The molecule has 1 heterocycles. The van der Waals surface area contributed by atoms with Gasteiger partial charge in [-0.15, -0.1) is 0 Å². The van der Waals surface area contributed by atoms with Gasteiger partial charge in [-0.25, -0.2) is 4.79 Å². The van der Waals surface area contributed by atoms with E-state index in [-0.39, 0.29) is 18.2 Å². The lowest BCUT2D eigenvalue weighted by Gasteiger charge is -2.25. The van der Waals surface area contributed by atoms with Crippen LogP contribution in [-0.2, 0) is 16.0 Å². The van der Waals surface area contributed by atoms with E-state index in [1.165, 1.54) is 6.21 Å². The second-order valence-corrected chi connectivity index (χ2v) is 8.33. The van der Waals surface area contributed by atoms with Crippen molar-refractivity contribution >= 4 is 29.7 Å². The van der Waals surface area contributed by atoms with Crippen molar-refractivity contribution in [3.05, 3.63) is 29.8 Å². The number of carboxylic acid groups (broad SMARTS) is 1. The molecule has 4 N–H and O–H groups in total. The van der Waals surface area contributed by atoms with Crippen molar-refractivity contribution < 1.29 is 24.5 Å². The van der Waals surface area contributed by atoms with E-state index < -0.39 is 23.6 Å². The molecule has 1 aromatic carbocycles. The molecule has 2 rings (SSSR count). The van der Waals surface area contributed by atoms with Gasteiger partial charge in [0.2, 0.25) is 0 Å². The van der Waals surface area contributed by atoms with E-state index in [4.69, 9.17) is 15.7 Å². The summed E-state index contributed by atoms with van der Waals surface area (Å²) in [5.74, 6) is 3.47. The number of hydrazone groups is 1. The van der Waals surface area contributed by atoms with E-state index in [2.05, 4.69) is 10.1 Å². The van der Waals surface area contributed by atoms with Crippen LogP contribution in [0.2, 0.25) is 0 Å². The summed E-state index contributed by atoms with van der Waals surface area (Å²) in [4.78, 5) is 30.0. The molecule has 0 unspecified atom stereocenters. The van der Waals surface area contributed by atoms with Crippen LogP contribution >= 0.6 is 0 Å². The van der Waals surface area contributed by atoms with Crippen LogP contribution < -0.4 is 5.84 Å². The Labute approximate surface area is 176 Å². The van der Waals surface area contributed by atoms with Crippen molar-refractivity contribution in [2.24, 2.45) is 27.8 Å². The maximum absolute atomic E-state index is 12.3. The normalized spacial score (nSPS) is 18.6. The lowest BCUT2D eigenvalue weighted by atomic mass is 9.86. The van der Waals surface area contributed by atoms with E-state index in [9.17, 15) is 14.7 Å². The number of carbonyl (C=O) groups is 2. The lowest BCUT2D eigenvalue weighted by Crippen LogP contribution is -2.36. The molecular weight excluding hydrogens is 388 g/mol. The van der Waals surface area contributed by atoms with Gasteiger partial charge in [-0.05, 0) is 57.2 Å². The SMILES string of the molecule is CC(C)(C)OC(=O)N1CC[C@H]([C@H](Cc2cccc(N=CC(CO)=NN)c2)C(=O)O)C1. The number of aliphatic hydroxyl groups is 1. The number of amides is 1. The third-order valence-electron chi connectivity index (χ3n) is 4.82. The average molecular weight is 418 g/mol. The predicted molar refractivity (Wildman–Crippen MR) is 114 cm³/mol. The first-order valence-corrected chi connectivity index (χ1v) is 9.84. The number of aliphatic imine (C=N–C) groups is 1. The number of ether oxygens (including phenoxy) is 1. The Balaban J connectivity index is 2.07. The summed E-state index contributed by atoms with van der Waals surface area (Å²) < 4.78 is 5.40. The Morgan fingerprint density at radius 2 is 2.13 bits per heavy atom. The molecular formula is C21H30N4O5. The van der Waals surface area contributed by atoms with Crippen molar-refractivity contribution in [3.63, 3.8) is 0 Å². The van der Waals surface area contributed by atoms with Gasteiger partial charge in [0.1, 0.15) is 11.3 Å². The Kier molecular flexibility index (Phi) is 7.93. The highest BCUT2D eigenvalue weighted by Crippen LogP contribution is 2.29. The lowest BCUT2D eigenvalue weighted by molar-refractivity contribution is -0.143. The first-order valence-electron chi connectivity index (χ1n) is 9.84. The molecule has 0 bridgehead atoms. The standard InChI is InChI=1S/C21H30N4O5/c1-21(2,3)30-20(29)25-8-7-15(12-25)18(19(27)28)10-14-5-4-6-16(9-14)23-11-17(13-26)24-22/h4-6,9,11,15,18,26H,7-8,10,12-13,22H2,1-3H3,(H,27,28)/t15-,18-/m0/s1. The van der Waals surface area contributed by atoms with Gasteiger partial charge < -0.3 is 25.7 Å². The number of likely N-dealkylation sites (tertiary alicyclic amines) is 1. The van der Waals surface area contributed by atoms with E-state index in [0.717, 1.165) is 5.56 Å². The quantitative estimate of drug-likeness (QED) is 0.352. The molecule has 0 aliphatic carbocycles. The number of carbonyl (C=O) groups excluding carboxylic acids is 1. The van der Waals surface area contributed by atoms with Gasteiger partial charge in [0.25, 0.3) is 0 Å². The summed E-state index contributed by atoms with van der Waals surface area (Å²) in [7, 11) is 0. The second-order valence-electron chi connectivity index (χ2n) is 8.33. The van der Waals surface area contributed by atoms with E-state index >= 15 is 0 Å². The third-order valence-corrected chi connectivity index (χ3v) is 4.82. The largest absolute Gasteiger partial charge is 0.481 e. The smallest absolute Gasteiger partial charge is 0.410 e. The number of aliphatic carboxylic acids is 1. The summed E-state index contributed by atoms with van der Waals surface area (Å²) >= 11 is 0. The fourth-order valence-electron chi connectivity index (χ4n) is 3.35. The van der Waals surface area contributed by atoms with Crippen LogP contribution in [0.1, 0.15) is 32.8 Å². The fraction of sp³-hybridized carbons (Fsp3) is 0.524. The minimum Gasteiger partial charge on any atom is -0.481 e. The first-order chi connectivity index (χ1) is 14.1. The van der Waals surface area contributed by atoms with Crippen LogP contribution in [-0.4, -0.2) is 64.4 Å². The predicted octanol–water partition coefficient (Wildman–Crippen LogP) is 2.20. The van der Waals surface area contributed by atoms with Gasteiger partial charge in [0, 0.05) is 13.1 Å². The molecule has 1 fully saturated rings. The molecule has 9 nitrogen and oxygen atoms in total. The van der Waals surface area contributed by atoms with E-state index in [1.54, 1.807) is 43.9 Å². The van der Waals surface area contributed by atoms with Crippen molar-refractivity contribution in [3.8, 4) is 0 Å². The average Bonchev–Trinajstić information content (AvgIpc) is 3.16. The van der Waals surface area contributed by atoms with Gasteiger partial charge in [0.05, 0.1) is 24.4 Å². The van der Waals surface area contributed by atoms with E-state index in [1.807, 2.05) is 6.07 Å². The van der Waals surface area contributed by atoms with Crippen molar-refractivity contribution in [1.82, 2.24) is 4.90 Å². The zero-order valence-corrected chi connectivity index (χ0v) is 17.6. The molecule has 1 aliphatic rings. The van der Waals surface area contributed by atoms with Gasteiger partial charge in [0.15, 0.2) is 0 Å². The number of benzene rings is 1. The number of nitrogens with two attached hydrogens (primary N) is 1. The summed E-state index contributed by atoms with van der Waals surface area (Å²) in [6.45, 7) is 5.92. The van der Waals surface area contributed by atoms with Gasteiger partial charge in [-0.3, -0.25) is 9.79 Å². The van der Waals surface area contributed by atoms with Crippen LogP contribution in [0.3, 0.4) is 0 Å². The maximum atomic E-state index is 12.3. The van der Waals surface area contributed by atoms with Crippen LogP contribution in [0.4, 0.5) is 10.5 Å². The number of hydrogen-bond acceptors (Lipinski definition) is 7. The van der Waals surface area contributed by atoms with Gasteiger partial charge >= 0.3 is 12.1 Å². The van der Waals surface area contributed by atoms with Crippen LogP contribution in [0, 0.1) is 11.8 Å². The Morgan fingerprint density at radius 3 is 2.73 bits per heavy atom. The molecule has 0 radical (unpaired) electrons. The van der Waals surface area contributed by atoms with E-state index in [0.29, 0.717) is 31.6 Å². The van der Waals surface area contributed by atoms with Crippen molar-refractivity contribution in [1.29, 1.82) is 0 Å².